The first-order valence-electron chi connectivity index (χ1n) is 23.1. The standard InChI is InChI=1S/C50H84NO9P/c1-6-8-10-12-14-15-16-17-18-19-20-21-22-27-30-34-38-42-50(54)60-48(46-59-61(55,56)58-44-43-51(3,4)5)45-57-49(53)41-37-33-29-26-24-23-25-28-32-36-40-47(52)39-35-31-13-11-9-7-2/h9,11,14-15,17-18,23-24,28-29,31-33,35-36,40,47-48,52H,6-8,10,12-13,16,19-22,25-27,30,34,37-39,41-46H2,1-5H3/p+1/b11-9-,15-14-,18-17-,24-23-,32-28-,33-29-,35-31-,40-36+/t47?,48-/m1/s1. The molecule has 0 aliphatic heterocycles. The van der Waals surface area contributed by atoms with E-state index in [0.29, 0.717) is 30.3 Å². The van der Waals surface area contributed by atoms with Crippen molar-refractivity contribution in [3.8, 4) is 0 Å². The maximum Gasteiger partial charge on any atom is 0.472 e. The van der Waals surface area contributed by atoms with E-state index in [1.54, 1.807) is 6.08 Å². The van der Waals surface area contributed by atoms with Gasteiger partial charge in [0.15, 0.2) is 6.10 Å². The molecule has 0 fully saturated rings. The summed E-state index contributed by atoms with van der Waals surface area (Å²) in [5, 5.41) is 10.0. The Balaban J connectivity index is 4.54. The number of carbonyl (C=O) groups excluding carboxylic acids is 2. The number of hydrogen-bond donors (Lipinski definition) is 2. The number of phosphoric ester groups is 1. The number of allylic oxidation sites excluding steroid dienone is 14. The molecule has 0 saturated carbocycles. The summed E-state index contributed by atoms with van der Waals surface area (Å²) in [5.74, 6) is -0.945. The van der Waals surface area contributed by atoms with Gasteiger partial charge in [-0.1, -0.05) is 156 Å². The molecule has 0 aromatic heterocycles. The first-order chi connectivity index (χ1) is 29.4. The lowest BCUT2D eigenvalue weighted by Crippen LogP contribution is -2.37. The van der Waals surface area contributed by atoms with Gasteiger partial charge in [-0.05, 0) is 77.0 Å². The molecule has 0 radical (unpaired) electrons. The number of esters is 2. The number of phosphoric acid groups is 1. The van der Waals surface area contributed by atoms with Gasteiger partial charge in [-0.25, -0.2) is 4.57 Å². The van der Waals surface area contributed by atoms with Crippen LogP contribution in [0.3, 0.4) is 0 Å². The molecule has 10 nitrogen and oxygen atoms in total. The average Bonchev–Trinajstić information content (AvgIpc) is 3.21. The molecule has 0 rings (SSSR count). The van der Waals surface area contributed by atoms with Crippen LogP contribution in [0, 0.1) is 0 Å². The second-order valence-electron chi connectivity index (χ2n) is 16.2. The number of quaternary nitrogens is 1. The van der Waals surface area contributed by atoms with E-state index in [4.69, 9.17) is 18.5 Å². The molecular formula is C50H85NO9P+. The van der Waals surface area contributed by atoms with Gasteiger partial charge in [0.05, 0.1) is 33.9 Å². The first-order valence-corrected chi connectivity index (χ1v) is 24.6. The topological polar surface area (TPSA) is 129 Å². The second-order valence-corrected chi connectivity index (χ2v) is 17.7. The Hall–Kier alpha value is -3.11. The predicted molar refractivity (Wildman–Crippen MR) is 253 cm³/mol. The summed E-state index contributed by atoms with van der Waals surface area (Å²) in [5.41, 5.74) is 0. The van der Waals surface area contributed by atoms with Crippen LogP contribution in [0.15, 0.2) is 97.2 Å². The molecular weight excluding hydrogens is 790 g/mol. The molecule has 0 aliphatic carbocycles. The highest BCUT2D eigenvalue weighted by atomic mass is 31.2. The van der Waals surface area contributed by atoms with Gasteiger partial charge in [-0.2, -0.15) is 0 Å². The van der Waals surface area contributed by atoms with Gasteiger partial charge < -0.3 is 24.0 Å². The highest BCUT2D eigenvalue weighted by Gasteiger charge is 2.27. The Labute approximate surface area is 371 Å². The third-order valence-corrected chi connectivity index (χ3v) is 10.2. The Kier molecular flexibility index (Phi) is 38.8. The van der Waals surface area contributed by atoms with Crippen molar-refractivity contribution in [3.05, 3.63) is 97.2 Å². The number of aliphatic hydroxyl groups is 1. The van der Waals surface area contributed by atoms with Gasteiger partial charge in [-0.15, -0.1) is 0 Å². The van der Waals surface area contributed by atoms with Crippen LogP contribution in [0.1, 0.15) is 149 Å². The normalized spacial score (nSPS) is 14.9. The van der Waals surface area contributed by atoms with E-state index in [9.17, 15) is 24.2 Å². The average molecular weight is 875 g/mol. The summed E-state index contributed by atoms with van der Waals surface area (Å²) in [4.78, 5) is 35.4. The van der Waals surface area contributed by atoms with Gasteiger partial charge in [0.2, 0.25) is 0 Å². The van der Waals surface area contributed by atoms with E-state index in [2.05, 4.69) is 56.4 Å². The molecule has 0 bridgehead atoms. The van der Waals surface area contributed by atoms with Crippen molar-refractivity contribution in [2.75, 3.05) is 47.5 Å². The van der Waals surface area contributed by atoms with E-state index in [0.717, 1.165) is 57.8 Å². The lowest BCUT2D eigenvalue weighted by atomic mass is 10.1. The molecule has 2 N–H and O–H groups in total. The van der Waals surface area contributed by atoms with Gasteiger partial charge in [0.25, 0.3) is 0 Å². The number of hydrogen-bond acceptors (Lipinski definition) is 8. The van der Waals surface area contributed by atoms with Crippen LogP contribution in [-0.2, 0) is 32.7 Å². The molecule has 0 amide bonds. The van der Waals surface area contributed by atoms with Crippen molar-refractivity contribution in [1.82, 2.24) is 0 Å². The monoisotopic (exact) mass is 875 g/mol. The molecule has 0 heterocycles. The molecule has 11 heteroatoms. The molecule has 0 aliphatic rings. The lowest BCUT2D eigenvalue weighted by molar-refractivity contribution is -0.870. The number of aliphatic hydroxyl groups excluding tert-OH is 1. The maximum atomic E-state index is 12.7. The number of unbranched alkanes of at least 4 members (excludes halogenated alkanes) is 10. The van der Waals surface area contributed by atoms with Crippen LogP contribution < -0.4 is 0 Å². The molecule has 0 aromatic carbocycles. The molecule has 348 valence electrons. The Bertz CT molecular complexity index is 1370. The number of rotatable bonds is 40. The molecule has 3 atom stereocenters. The van der Waals surface area contributed by atoms with Crippen molar-refractivity contribution in [3.63, 3.8) is 0 Å². The molecule has 0 saturated heterocycles. The third kappa shape index (κ3) is 44.7. The number of ether oxygens (including phenoxy) is 2. The predicted octanol–water partition coefficient (Wildman–Crippen LogP) is 12.3. The summed E-state index contributed by atoms with van der Waals surface area (Å²) in [6.45, 7) is 4.08. The summed E-state index contributed by atoms with van der Waals surface area (Å²) in [6.07, 6.45) is 50.7. The zero-order valence-corrected chi connectivity index (χ0v) is 39.6. The Morgan fingerprint density at radius 3 is 1.80 bits per heavy atom. The van der Waals surface area contributed by atoms with Gasteiger partial charge in [-0.3, -0.25) is 18.6 Å². The second kappa shape index (κ2) is 40.9. The van der Waals surface area contributed by atoms with Gasteiger partial charge >= 0.3 is 19.8 Å². The molecule has 0 spiro atoms. The minimum absolute atomic E-state index is 0.00500. The van der Waals surface area contributed by atoms with Crippen LogP contribution in [-0.4, -0.2) is 86.1 Å². The van der Waals surface area contributed by atoms with Crippen LogP contribution in [0.5, 0.6) is 0 Å². The maximum absolute atomic E-state index is 12.7. The highest BCUT2D eigenvalue weighted by Crippen LogP contribution is 2.43. The molecule has 61 heavy (non-hydrogen) atoms. The van der Waals surface area contributed by atoms with Crippen LogP contribution in [0.4, 0.5) is 0 Å². The summed E-state index contributed by atoms with van der Waals surface area (Å²) in [7, 11) is 1.39. The fraction of sp³-hybridized carbons (Fsp3) is 0.640. The van der Waals surface area contributed by atoms with Crippen molar-refractivity contribution < 1.29 is 47.2 Å². The van der Waals surface area contributed by atoms with Gasteiger partial charge in [0.1, 0.15) is 19.8 Å². The van der Waals surface area contributed by atoms with Crippen molar-refractivity contribution in [2.24, 2.45) is 0 Å². The summed E-state index contributed by atoms with van der Waals surface area (Å²) in [6, 6.07) is 0. The third-order valence-electron chi connectivity index (χ3n) is 9.19. The van der Waals surface area contributed by atoms with E-state index < -0.39 is 38.6 Å². The van der Waals surface area contributed by atoms with E-state index in [-0.39, 0.29) is 26.1 Å². The quantitative estimate of drug-likeness (QED) is 0.0154. The van der Waals surface area contributed by atoms with Crippen molar-refractivity contribution in [2.45, 2.75) is 161 Å². The van der Waals surface area contributed by atoms with Gasteiger partial charge in [0, 0.05) is 12.8 Å². The van der Waals surface area contributed by atoms with Crippen LogP contribution in [0.25, 0.3) is 0 Å². The smallest absolute Gasteiger partial charge is 0.462 e. The molecule has 0 aromatic rings. The highest BCUT2D eigenvalue weighted by molar-refractivity contribution is 7.47. The van der Waals surface area contributed by atoms with Crippen molar-refractivity contribution >= 4 is 19.8 Å². The Morgan fingerprint density at radius 2 is 1.16 bits per heavy atom. The van der Waals surface area contributed by atoms with E-state index in [1.807, 2.05) is 69.8 Å². The fourth-order valence-corrected chi connectivity index (χ4v) is 6.31. The van der Waals surface area contributed by atoms with Crippen molar-refractivity contribution in [1.29, 1.82) is 0 Å². The summed E-state index contributed by atoms with van der Waals surface area (Å²) >= 11 is 0. The van der Waals surface area contributed by atoms with E-state index in [1.165, 1.54) is 44.9 Å². The number of likely N-dealkylation sites (N-methyl/N-ethyl adjacent to an activating group) is 1. The zero-order valence-electron chi connectivity index (χ0n) is 38.7. The van der Waals surface area contributed by atoms with E-state index >= 15 is 0 Å². The summed E-state index contributed by atoms with van der Waals surface area (Å²) < 4.78 is 34.2. The Morgan fingerprint density at radius 1 is 0.607 bits per heavy atom. The molecule has 2 unspecified atom stereocenters. The first kappa shape index (κ1) is 57.9. The fourth-order valence-electron chi connectivity index (χ4n) is 5.56. The minimum atomic E-state index is -4.41. The largest absolute Gasteiger partial charge is 0.472 e. The SMILES string of the molecule is CC/C=C\C/C=C\CC(O)/C=C/C=C\C/C=C\C/C=C\CCC(=O)OC[C@H](COP(=O)(O)OCC[N+](C)(C)C)OC(=O)CCCCCCCCC/C=C\C/C=C\CCCCC. The zero-order chi connectivity index (χ0) is 45.1. The van der Waals surface area contributed by atoms with Crippen LogP contribution >= 0.6 is 7.82 Å². The minimum Gasteiger partial charge on any atom is -0.462 e. The lowest BCUT2D eigenvalue weighted by Gasteiger charge is -2.24. The van der Waals surface area contributed by atoms with Crippen LogP contribution in [0.2, 0.25) is 0 Å². The number of nitrogens with zero attached hydrogens (tertiary/aromatic N) is 1. The number of carbonyl (C=O) groups is 2.